The van der Waals surface area contributed by atoms with Crippen LogP contribution in [0.25, 0.3) is 0 Å². The highest BCUT2D eigenvalue weighted by atomic mass is 33.1. The van der Waals surface area contributed by atoms with Gasteiger partial charge in [-0.3, -0.25) is 19.2 Å². The van der Waals surface area contributed by atoms with Crippen LogP contribution in [-0.4, -0.2) is 59.3 Å². The second-order valence-corrected chi connectivity index (χ2v) is 10.7. The molecule has 0 unspecified atom stereocenters. The van der Waals surface area contributed by atoms with Gasteiger partial charge < -0.3 is 21.3 Å². The second kappa shape index (κ2) is 11.4. The van der Waals surface area contributed by atoms with Gasteiger partial charge in [0.2, 0.25) is 23.6 Å². The minimum atomic E-state index is -0.637. The van der Waals surface area contributed by atoms with Crippen LogP contribution < -0.4 is 21.3 Å². The summed E-state index contributed by atoms with van der Waals surface area (Å²) in [4.78, 5) is 49.8. The summed E-state index contributed by atoms with van der Waals surface area (Å²) < 4.78 is 0. The summed E-state index contributed by atoms with van der Waals surface area (Å²) in [5.74, 6) is -0.134. The Morgan fingerprint density at radius 1 is 0.500 bits per heavy atom. The van der Waals surface area contributed by atoms with Crippen LogP contribution in [0.2, 0.25) is 0 Å². The van der Waals surface area contributed by atoms with Gasteiger partial charge in [0.1, 0.15) is 24.2 Å². The number of amides is 4. The topological polar surface area (TPSA) is 116 Å². The summed E-state index contributed by atoms with van der Waals surface area (Å²) in [6, 6.07) is 16.6. The largest absolute Gasteiger partial charge is 0.342 e. The number of piperazine rings is 2. The van der Waals surface area contributed by atoms with E-state index in [0.717, 1.165) is 11.1 Å². The molecule has 2 saturated heterocycles. The first-order valence-corrected chi connectivity index (χ1v) is 13.5. The maximum atomic E-state index is 12.4. The zero-order valence-electron chi connectivity index (χ0n) is 18.4. The fraction of sp³-hybridized carbons (Fsp3) is 0.333. The fourth-order valence-corrected chi connectivity index (χ4v) is 6.13. The van der Waals surface area contributed by atoms with Crippen molar-refractivity contribution in [3.8, 4) is 0 Å². The maximum Gasteiger partial charge on any atom is 0.244 e. The second-order valence-electron chi connectivity index (χ2n) is 8.19. The molecule has 0 saturated carbocycles. The molecule has 178 valence electrons. The molecule has 4 atom stereocenters. The number of rotatable bonds is 9. The zero-order valence-corrected chi connectivity index (χ0v) is 20.0. The van der Waals surface area contributed by atoms with E-state index >= 15 is 0 Å². The Morgan fingerprint density at radius 3 is 1.21 bits per heavy atom. The van der Waals surface area contributed by atoms with Gasteiger partial charge in [0, 0.05) is 24.3 Å². The van der Waals surface area contributed by atoms with Gasteiger partial charge in [0.15, 0.2) is 0 Å². The SMILES string of the molecule is O=C1N[C@H](CSSC[C@@H]2NC(=O)[C@@H](Cc3ccccc3)NC2=O)C(=O)N[C@H]1Cc1ccccc1. The molecule has 0 spiro atoms. The van der Waals surface area contributed by atoms with Gasteiger partial charge in [-0.1, -0.05) is 82.3 Å². The number of hydrogen-bond donors (Lipinski definition) is 4. The summed E-state index contributed by atoms with van der Waals surface area (Å²) in [5.41, 5.74) is 1.95. The third-order valence-electron chi connectivity index (χ3n) is 5.65. The van der Waals surface area contributed by atoms with Gasteiger partial charge >= 0.3 is 0 Å². The molecule has 34 heavy (non-hydrogen) atoms. The van der Waals surface area contributed by atoms with E-state index in [1.165, 1.54) is 21.6 Å². The highest BCUT2D eigenvalue weighted by Crippen LogP contribution is 2.24. The van der Waals surface area contributed by atoms with E-state index in [-0.39, 0.29) is 23.6 Å². The molecule has 2 aliphatic heterocycles. The Balaban J connectivity index is 1.18. The molecule has 4 N–H and O–H groups in total. The predicted molar refractivity (Wildman–Crippen MR) is 133 cm³/mol. The molecule has 10 heteroatoms. The Bertz CT molecular complexity index is 954. The summed E-state index contributed by atoms with van der Waals surface area (Å²) >= 11 is 0. The molecule has 0 bridgehead atoms. The predicted octanol–water partition coefficient (Wildman–Crippen LogP) is 0.820. The summed E-state index contributed by atoms with van der Waals surface area (Å²) in [6.45, 7) is 0. The molecule has 8 nitrogen and oxygen atoms in total. The van der Waals surface area contributed by atoms with Crippen molar-refractivity contribution >= 4 is 45.2 Å². The van der Waals surface area contributed by atoms with E-state index < -0.39 is 24.2 Å². The van der Waals surface area contributed by atoms with Crippen molar-refractivity contribution in [1.82, 2.24) is 21.3 Å². The van der Waals surface area contributed by atoms with Gasteiger partial charge in [0.05, 0.1) is 0 Å². The highest BCUT2D eigenvalue weighted by molar-refractivity contribution is 8.76. The van der Waals surface area contributed by atoms with Crippen molar-refractivity contribution in [3.05, 3.63) is 71.8 Å². The van der Waals surface area contributed by atoms with Crippen LogP contribution in [0.3, 0.4) is 0 Å². The molecule has 0 aliphatic carbocycles. The fourth-order valence-electron chi connectivity index (χ4n) is 3.81. The zero-order chi connectivity index (χ0) is 23.9. The van der Waals surface area contributed by atoms with E-state index in [2.05, 4.69) is 21.3 Å². The molecular formula is C24H26N4O4S2. The van der Waals surface area contributed by atoms with Crippen LogP contribution in [-0.2, 0) is 32.0 Å². The minimum Gasteiger partial charge on any atom is -0.342 e. The normalized spacial score (nSPS) is 24.6. The monoisotopic (exact) mass is 498 g/mol. The molecule has 2 heterocycles. The van der Waals surface area contributed by atoms with E-state index in [9.17, 15) is 19.2 Å². The first-order chi connectivity index (χ1) is 16.5. The molecule has 2 aliphatic rings. The number of carbonyl (C=O) groups excluding carboxylic acids is 4. The van der Waals surface area contributed by atoms with E-state index in [0.29, 0.717) is 24.3 Å². The molecule has 2 aromatic carbocycles. The lowest BCUT2D eigenvalue weighted by Gasteiger charge is -2.30. The van der Waals surface area contributed by atoms with Gasteiger partial charge in [0.25, 0.3) is 0 Å². The Morgan fingerprint density at radius 2 is 0.824 bits per heavy atom. The van der Waals surface area contributed by atoms with Crippen molar-refractivity contribution in [1.29, 1.82) is 0 Å². The molecular weight excluding hydrogens is 472 g/mol. The van der Waals surface area contributed by atoms with Crippen molar-refractivity contribution in [3.63, 3.8) is 0 Å². The highest BCUT2D eigenvalue weighted by Gasteiger charge is 2.35. The quantitative estimate of drug-likeness (QED) is 0.301. The van der Waals surface area contributed by atoms with Crippen LogP contribution in [0, 0.1) is 0 Å². The number of hydrogen-bond acceptors (Lipinski definition) is 6. The van der Waals surface area contributed by atoms with Gasteiger partial charge in [-0.15, -0.1) is 0 Å². The van der Waals surface area contributed by atoms with Crippen LogP contribution in [0.5, 0.6) is 0 Å². The lowest BCUT2D eigenvalue weighted by Crippen LogP contribution is -2.63. The van der Waals surface area contributed by atoms with Gasteiger partial charge in [-0.05, 0) is 11.1 Å². The van der Waals surface area contributed by atoms with Crippen LogP contribution in [0.4, 0.5) is 0 Å². The molecule has 2 fully saturated rings. The third-order valence-corrected chi connectivity index (χ3v) is 8.07. The summed E-state index contributed by atoms with van der Waals surface area (Å²) in [5, 5.41) is 11.2. The Hall–Kier alpha value is -2.98. The van der Waals surface area contributed by atoms with Crippen molar-refractivity contribution in [2.75, 3.05) is 11.5 Å². The molecule has 4 amide bonds. The number of nitrogens with one attached hydrogen (secondary N) is 4. The van der Waals surface area contributed by atoms with Crippen LogP contribution in [0.15, 0.2) is 60.7 Å². The first-order valence-electron chi connectivity index (χ1n) is 11.0. The lowest BCUT2D eigenvalue weighted by molar-refractivity contribution is -0.136. The maximum absolute atomic E-state index is 12.4. The summed E-state index contributed by atoms with van der Waals surface area (Å²) in [7, 11) is 2.76. The van der Waals surface area contributed by atoms with Crippen molar-refractivity contribution < 1.29 is 19.2 Å². The van der Waals surface area contributed by atoms with Crippen LogP contribution in [0.1, 0.15) is 11.1 Å². The Labute approximate surface area is 205 Å². The lowest BCUT2D eigenvalue weighted by atomic mass is 10.0. The smallest absolute Gasteiger partial charge is 0.244 e. The number of carbonyl (C=O) groups is 4. The van der Waals surface area contributed by atoms with E-state index in [4.69, 9.17) is 0 Å². The average molecular weight is 499 g/mol. The standard InChI is InChI=1S/C24H26N4O4S2/c29-21-17(11-15-7-3-1-4-8-15)25-23(31)19(27-21)13-33-34-14-20-24(32)26-18(22(30)28-20)12-16-9-5-2-6-10-16/h1-10,17-20H,11-14H2,(H,25,31)(H,26,32)(H,27,29)(H,28,30)/t17-,18+,19+,20-. The van der Waals surface area contributed by atoms with Gasteiger partial charge in [-0.2, -0.15) is 0 Å². The van der Waals surface area contributed by atoms with Crippen LogP contribution >= 0.6 is 21.6 Å². The Kier molecular flexibility index (Phi) is 8.12. The van der Waals surface area contributed by atoms with E-state index in [1.54, 1.807) is 0 Å². The molecule has 0 radical (unpaired) electrons. The molecule has 4 rings (SSSR count). The minimum absolute atomic E-state index is 0.206. The first kappa shape index (κ1) is 24.2. The summed E-state index contributed by atoms with van der Waals surface area (Å²) in [6.07, 6.45) is 0.879. The molecule has 2 aromatic rings. The van der Waals surface area contributed by atoms with Crippen molar-refractivity contribution in [2.24, 2.45) is 0 Å². The van der Waals surface area contributed by atoms with Crippen molar-refractivity contribution in [2.45, 2.75) is 37.0 Å². The average Bonchev–Trinajstić information content (AvgIpc) is 2.83. The number of benzene rings is 2. The van der Waals surface area contributed by atoms with E-state index in [1.807, 2.05) is 60.7 Å². The molecule has 0 aromatic heterocycles. The third kappa shape index (κ3) is 6.32. The van der Waals surface area contributed by atoms with Gasteiger partial charge in [-0.25, -0.2) is 0 Å².